The van der Waals surface area contributed by atoms with Gasteiger partial charge in [-0.05, 0) is 62.4 Å². The van der Waals surface area contributed by atoms with E-state index in [9.17, 15) is 29.1 Å². The van der Waals surface area contributed by atoms with Crippen molar-refractivity contribution < 1.29 is 29.1 Å². The number of hydrogen-bond donors (Lipinski definition) is 5. The number of phenolic OH excluding ortho intramolecular Hbond substituents is 1. The Morgan fingerprint density at radius 1 is 0.900 bits per heavy atom. The third kappa shape index (κ3) is 7.85. The van der Waals surface area contributed by atoms with Gasteiger partial charge in [0.05, 0.1) is 11.4 Å². The summed E-state index contributed by atoms with van der Waals surface area (Å²) >= 11 is 0. The molecule has 3 aliphatic heterocycles. The molecule has 1 atom stereocenters. The molecular formula is C36H42N8O6. The molecule has 5 amide bonds. The van der Waals surface area contributed by atoms with Crippen LogP contribution in [0, 0.1) is 0 Å². The summed E-state index contributed by atoms with van der Waals surface area (Å²) in [6.45, 7) is 1.59. The first-order valence-electron chi connectivity index (χ1n) is 17.2. The summed E-state index contributed by atoms with van der Waals surface area (Å²) in [7, 11) is 0. The van der Waals surface area contributed by atoms with Crippen LogP contribution in [-0.2, 0) is 25.7 Å². The highest BCUT2D eigenvalue weighted by Gasteiger charge is 2.40. The number of imide groups is 1. The summed E-state index contributed by atoms with van der Waals surface area (Å²) in [5.74, 6) is -0.792. The van der Waals surface area contributed by atoms with Crippen molar-refractivity contribution in [3.05, 3.63) is 59.7 Å². The Morgan fingerprint density at radius 3 is 2.36 bits per heavy atom. The van der Waals surface area contributed by atoms with Crippen LogP contribution in [0.15, 0.2) is 48.5 Å². The van der Waals surface area contributed by atoms with Crippen molar-refractivity contribution in [1.29, 1.82) is 0 Å². The number of para-hydroxylation sites is 1. The second-order valence-electron chi connectivity index (χ2n) is 13.0. The molecule has 3 aromatic rings. The number of nitrogens with two attached hydrogens (primary N) is 1. The van der Waals surface area contributed by atoms with E-state index in [4.69, 9.17) is 5.73 Å². The zero-order chi connectivity index (χ0) is 35.2. The molecule has 0 saturated carbocycles. The normalized spacial score (nSPS) is 17.8. The van der Waals surface area contributed by atoms with Crippen molar-refractivity contribution in [2.45, 2.75) is 82.8 Å². The van der Waals surface area contributed by atoms with E-state index in [0.717, 1.165) is 37.8 Å². The van der Waals surface area contributed by atoms with Crippen LogP contribution in [0.25, 0.3) is 11.3 Å². The van der Waals surface area contributed by atoms with Gasteiger partial charge in [-0.2, -0.15) is 0 Å². The van der Waals surface area contributed by atoms with Crippen molar-refractivity contribution in [3.63, 3.8) is 0 Å². The monoisotopic (exact) mass is 682 g/mol. The van der Waals surface area contributed by atoms with Gasteiger partial charge in [0.2, 0.25) is 23.6 Å². The first kappa shape index (κ1) is 34.3. The van der Waals surface area contributed by atoms with E-state index in [1.165, 1.54) is 4.90 Å². The van der Waals surface area contributed by atoms with Gasteiger partial charge in [0.15, 0.2) is 5.82 Å². The summed E-state index contributed by atoms with van der Waals surface area (Å²) < 4.78 is 0. The number of aromatic nitrogens is 2. The maximum Gasteiger partial charge on any atom is 0.255 e. The molecule has 1 unspecified atom stereocenters. The number of anilines is 3. The number of aromatic hydroxyl groups is 1. The lowest BCUT2D eigenvalue weighted by Crippen LogP contribution is -2.52. The largest absolute Gasteiger partial charge is 0.507 e. The summed E-state index contributed by atoms with van der Waals surface area (Å²) in [4.78, 5) is 65.9. The highest BCUT2D eigenvalue weighted by atomic mass is 16.3. The lowest BCUT2D eigenvalue weighted by molar-refractivity contribution is -0.137. The number of phenols is 1. The van der Waals surface area contributed by atoms with E-state index in [-0.39, 0.29) is 54.8 Å². The van der Waals surface area contributed by atoms with Crippen molar-refractivity contribution >= 4 is 46.7 Å². The predicted molar refractivity (Wildman–Crippen MR) is 186 cm³/mol. The van der Waals surface area contributed by atoms with Gasteiger partial charge < -0.3 is 31.3 Å². The molecule has 14 heteroatoms. The van der Waals surface area contributed by atoms with Crippen molar-refractivity contribution in [1.82, 2.24) is 25.7 Å². The number of hydrogen-bond acceptors (Lipinski definition) is 10. The number of benzene rings is 2. The molecule has 2 fully saturated rings. The van der Waals surface area contributed by atoms with E-state index in [0.29, 0.717) is 66.2 Å². The zero-order valence-corrected chi connectivity index (χ0v) is 27.8. The molecule has 3 aliphatic rings. The lowest BCUT2D eigenvalue weighted by atomic mass is 10.0. The van der Waals surface area contributed by atoms with Crippen LogP contribution in [0.4, 0.5) is 17.2 Å². The van der Waals surface area contributed by atoms with Gasteiger partial charge in [0.1, 0.15) is 11.8 Å². The molecule has 2 aromatic carbocycles. The molecule has 0 bridgehead atoms. The second-order valence-corrected chi connectivity index (χ2v) is 13.0. The molecule has 262 valence electrons. The Labute approximate surface area is 289 Å². The van der Waals surface area contributed by atoms with Gasteiger partial charge in [-0.25, -0.2) is 0 Å². The number of fused-ring (bicyclic) bond motifs is 1. The van der Waals surface area contributed by atoms with Gasteiger partial charge in [-0.15, -0.1) is 10.2 Å². The summed E-state index contributed by atoms with van der Waals surface area (Å²) in [5, 5.41) is 26.9. The number of carbonyl (C=O) groups is 5. The van der Waals surface area contributed by atoms with Gasteiger partial charge in [-0.3, -0.25) is 29.3 Å². The molecule has 0 spiro atoms. The first-order chi connectivity index (χ1) is 24.2. The Morgan fingerprint density at radius 2 is 1.62 bits per heavy atom. The number of piperidine rings is 2. The molecule has 6 rings (SSSR count). The quantitative estimate of drug-likeness (QED) is 0.140. The van der Waals surface area contributed by atoms with Crippen LogP contribution in [0.3, 0.4) is 0 Å². The Kier molecular flexibility index (Phi) is 10.5. The minimum atomic E-state index is -0.715. The van der Waals surface area contributed by atoms with E-state index in [1.807, 2.05) is 12.1 Å². The average molecular weight is 683 g/mol. The molecule has 0 aliphatic carbocycles. The summed E-state index contributed by atoms with van der Waals surface area (Å²) in [5.41, 5.74) is 9.71. The van der Waals surface area contributed by atoms with Gasteiger partial charge in [0, 0.05) is 67.3 Å². The molecule has 6 N–H and O–H groups in total. The third-order valence-corrected chi connectivity index (χ3v) is 9.60. The molecule has 0 radical (unpaired) electrons. The molecular weight excluding hydrogens is 640 g/mol. The van der Waals surface area contributed by atoms with Crippen molar-refractivity contribution in [2.24, 2.45) is 0 Å². The van der Waals surface area contributed by atoms with Gasteiger partial charge >= 0.3 is 0 Å². The number of rotatable bonds is 12. The smallest absolute Gasteiger partial charge is 0.255 e. The fourth-order valence-corrected chi connectivity index (χ4v) is 6.87. The number of carbonyl (C=O) groups excluding carboxylic acids is 5. The van der Waals surface area contributed by atoms with E-state index >= 15 is 0 Å². The SMILES string of the molecule is Nc1nnc(-c2ccccc2O)cc1N1CCC(NC(=O)CCCCCCC(=O)Nc2cccc3c2CN(C2CCC(=O)NC2=O)C3=O)CC1. The molecule has 4 heterocycles. The van der Waals surface area contributed by atoms with Gasteiger partial charge in [0.25, 0.3) is 5.91 Å². The number of amides is 5. The minimum Gasteiger partial charge on any atom is -0.507 e. The summed E-state index contributed by atoms with van der Waals surface area (Å²) in [6, 6.07) is 13.3. The van der Waals surface area contributed by atoms with Crippen LogP contribution in [0.5, 0.6) is 5.75 Å². The standard InChI is InChI=1S/C36H42N8O6/c37-34-29(20-27(41-42-34)24-8-5-6-11-30(24)45)43-18-16-22(17-19-43)38-31(46)12-3-1-2-4-13-32(47)39-26-10-7-9-23-25(26)21-44(36(23)50)28-14-15-33(48)40-35(28)49/h5-11,20,22,28,45H,1-4,12-19,21H2,(H2,37,42)(H,38,46)(H,39,47)(H,40,48,49). The van der Waals surface area contributed by atoms with Crippen molar-refractivity contribution in [3.8, 4) is 17.0 Å². The van der Waals surface area contributed by atoms with Crippen LogP contribution in [0.1, 0.15) is 80.1 Å². The van der Waals surface area contributed by atoms with Crippen molar-refractivity contribution in [2.75, 3.05) is 29.0 Å². The van der Waals surface area contributed by atoms with Crippen LogP contribution in [0.2, 0.25) is 0 Å². The van der Waals surface area contributed by atoms with Gasteiger partial charge in [-0.1, -0.05) is 31.0 Å². The second kappa shape index (κ2) is 15.3. The van der Waals surface area contributed by atoms with E-state index < -0.39 is 11.9 Å². The number of nitrogens with zero attached hydrogens (tertiary/aromatic N) is 4. The highest BCUT2D eigenvalue weighted by molar-refractivity contribution is 6.06. The first-order valence-corrected chi connectivity index (χ1v) is 17.2. The number of nitrogens with one attached hydrogen (secondary N) is 3. The van der Waals surface area contributed by atoms with E-state index in [2.05, 4.69) is 31.0 Å². The van der Waals surface area contributed by atoms with Crippen LogP contribution < -0.4 is 26.6 Å². The molecule has 2 saturated heterocycles. The maximum atomic E-state index is 13.0. The molecule has 14 nitrogen and oxygen atoms in total. The molecule has 50 heavy (non-hydrogen) atoms. The minimum absolute atomic E-state index is 0.0203. The number of unbranched alkanes of at least 4 members (excludes halogenated alkanes) is 3. The summed E-state index contributed by atoms with van der Waals surface area (Å²) in [6.07, 6.45) is 5.74. The highest BCUT2D eigenvalue weighted by Crippen LogP contribution is 2.34. The fraction of sp³-hybridized carbons (Fsp3) is 0.417. The van der Waals surface area contributed by atoms with E-state index in [1.54, 1.807) is 36.4 Å². The Bertz CT molecular complexity index is 1790. The Hall–Kier alpha value is -5.53. The Balaban J connectivity index is 0.877. The number of nitrogen functional groups attached to an aromatic ring is 1. The predicted octanol–water partition coefficient (Wildman–Crippen LogP) is 3.26. The van der Waals surface area contributed by atoms with Crippen LogP contribution in [-0.4, -0.2) is 74.9 Å². The average Bonchev–Trinajstić information content (AvgIpc) is 3.44. The van der Waals surface area contributed by atoms with Crippen LogP contribution >= 0.6 is 0 Å². The molecule has 1 aromatic heterocycles. The zero-order valence-electron chi connectivity index (χ0n) is 27.8. The fourth-order valence-electron chi connectivity index (χ4n) is 6.87. The maximum absolute atomic E-state index is 13.0. The lowest BCUT2D eigenvalue weighted by Gasteiger charge is -2.34. The third-order valence-electron chi connectivity index (χ3n) is 9.60. The topological polar surface area (TPSA) is 200 Å².